The first kappa shape index (κ1) is 15.8. The molecule has 3 aliphatic rings. The Morgan fingerprint density at radius 1 is 1.35 bits per heavy atom. The topological polar surface area (TPSA) is 68.5 Å². The molecule has 128 valence electrons. The fourth-order valence-electron chi connectivity index (χ4n) is 4.11. The van der Waals surface area contributed by atoms with E-state index >= 15 is 0 Å². The summed E-state index contributed by atoms with van der Waals surface area (Å²) >= 11 is 5.97. The number of nitrogens with one attached hydrogen (secondary N) is 1. The minimum Gasteiger partial charge on any atom is -0.389 e. The van der Waals surface area contributed by atoms with Crippen molar-refractivity contribution in [3.05, 3.63) is 17.4 Å². The zero-order valence-electron chi connectivity index (χ0n) is 13.1. The van der Waals surface area contributed by atoms with Gasteiger partial charge >= 0.3 is 0 Å². The highest BCUT2D eigenvalue weighted by molar-refractivity contribution is 6.30. The van der Waals surface area contributed by atoms with Crippen molar-refractivity contribution in [2.24, 2.45) is 5.92 Å². The van der Waals surface area contributed by atoms with Crippen LogP contribution in [0, 0.1) is 5.92 Å². The van der Waals surface area contributed by atoms with Crippen LogP contribution >= 0.6 is 11.6 Å². The number of aromatic nitrogens is 2. The maximum atomic E-state index is 10.9. The molecule has 4 rings (SSSR count). The van der Waals surface area contributed by atoms with E-state index in [1.807, 2.05) is 0 Å². The van der Waals surface area contributed by atoms with Crippen LogP contribution in [0.2, 0.25) is 5.02 Å². The molecule has 1 aromatic heterocycles. The van der Waals surface area contributed by atoms with Gasteiger partial charge in [0.1, 0.15) is 12.1 Å². The molecule has 3 heterocycles. The van der Waals surface area contributed by atoms with Crippen LogP contribution in [0.5, 0.6) is 0 Å². The predicted molar refractivity (Wildman–Crippen MR) is 85.3 cm³/mol. The van der Waals surface area contributed by atoms with Crippen molar-refractivity contribution in [2.45, 2.75) is 62.7 Å². The number of nitrogens with zero attached hydrogens (tertiary/aromatic N) is 2. The number of rotatable bonds is 4. The van der Waals surface area contributed by atoms with Crippen LogP contribution in [0.1, 0.15) is 38.1 Å². The third-order valence-electron chi connectivity index (χ3n) is 5.37. The van der Waals surface area contributed by atoms with Gasteiger partial charge in [0, 0.05) is 6.20 Å². The van der Waals surface area contributed by atoms with Crippen LogP contribution in [-0.4, -0.2) is 52.6 Å². The molecule has 2 bridgehead atoms. The van der Waals surface area contributed by atoms with E-state index in [1.54, 1.807) is 17.1 Å². The third-order valence-corrected chi connectivity index (χ3v) is 5.57. The van der Waals surface area contributed by atoms with Crippen LogP contribution in [0.15, 0.2) is 12.4 Å². The van der Waals surface area contributed by atoms with Crippen molar-refractivity contribution in [3.63, 3.8) is 0 Å². The number of aliphatic hydroxyl groups is 1. The first-order valence-electron chi connectivity index (χ1n) is 8.60. The van der Waals surface area contributed by atoms with Gasteiger partial charge in [-0.15, -0.1) is 0 Å². The summed E-state index contributed by atoms with van der Waals surface area (Å²) in [6.45, 7) is 1.44. The first-order valence-corrected chi connectivity index (χ1v) is 8.98. The summed E-state index contributed by atoms with van der Waals surface area (Å²) in [5.41, 5.74) is 0. The summed E-state index contributed by atoms with van der Waals surface area (Å²) in [5.74, 6) is 0.702. The lowest BCUT2D eigenvalue weighted by atomic mass is 9.88. The van der Waals surface area contributed by atoms with E-state index in [-0.39, 0.29) is 18.2 Å². The molecule has 2 N–H and O–H groups in total. The van der Waals surface area contributed by atoms with Crippen LogP contribution in [0.3, 0.4) is 0 Å². The zero-order valence-corrected chi connectivity index (χ0v) is 13.9. The van der Waals surface area contributed by atoms with Gasteiger partial charge in [-0.1, -0.05) is 30.9 Å². The number of hydrogen-bond donors (Lipinski definition) is 2. The second-order valence-corrected chi connectivity index (χ2v) is 7.37. The van der Waals surface area contributed by atoms with Crippen molar-refractivity contribution in [1.82, 2.24) is 15.1 Å². The molecule has 1 saturated carbocycles. The minimum atomic E-state index is -0.610. The zero-order chi connectivity index (χ0) is 15.8. The summed E-state index contributed by atoms with van der Waals surface area (Å²) in [6.07, 6.45) is 8.65. The van der Waals surface area contributed by atoms with Crippen molar-refractivity contribution in [3.8, 4) is 0 Å². The Balaban J connectivity index is 1.45. The maximum Gasteiger partial charge on any atom is 0.183 e. The fraction of sp³-hybridized carbons (Fsp3) is 0.812. The number of halogens is 1. The Bertz CT molecular complexity index is 534. The van der Waals surface area contributed by atoms with Gasteiger partial charge in [0.15, 0.2) is 6.29 Å². The van der Waals surface area contributed by atoms with Gasteiger partial charge in [0.05, 0.1) is 30.0 Å². The van der Waals surface area contributed by atoms with Crippen molar-refractivity contribution >= 4 is 11.6 Å². The first-order chi connectivity index (χ1) is 11.2. The third kappa shape index (κ3) is 3.15. The molecule has 2 aliphatic heterocycles. The summed E-state index contributed by atoms with van der Waals surface area (Å²) in [5, 5.41) is 19.2. The number of aliphatic hydroxyl groups excluding tert-OH is 1. The molecule has 0 radical (unpaired) electrons. The van der Waals surface area contributed by atoms with Crippen LogP contribution < -0.4 is 5.32 Å². The van der Waals surface area contributed by atoms with Gasteiger partial charge in [-0.05, 0) is 25.3 Å². The van der Waals surface area contributed by atoms with Crippen LogP contribution in [-0.2, 0) is 9.47 Å². The van der Waals surface area contributed by atoms with Crippen molar-refractivity contribution in [2.75, 3.05) is 13.2 Å². The average molecular weight is 342 g/mol. The van der Waals surface area contributed by atoms with E-state index < -0.39 is 12.4 Å². The van der Waals surface area contributed by atoms with Crippen LogP contribution in [0.25, 0.3) is 0 Å². The van der Waals surface area contributed by atoms with E-state index in [0.29, 0.717) is 17.5 Å². The second-order valence-electron chi connectivity index (χ2n) is 6.93. The highest BCUT2D eigenvalue weighted by atomic mass is 35.5. The summed E-state index contributed by atoms with van der Waals surface area (Å²) < 4.78 is 13.3. The van der Waals surface area contributed by atoms with E-state index in [9.17, 15) is 5.11 Å². The monoisotopic (exact) mass is 341 g/mol. The normalized spacial score (nSPS) is 38.1. The van der Waals surface area contributed by atoms with E-state index in [0.717, 1.165) is 6.54 Å². The molecule has 5 atom stereocenters. The van der Waals surface area contributed by atoms with Gasteiger partial charge in [-0.3, -0.25) is 4.68 Å². The lowest BCUT2D eigenvalue weighted by Crippen LogP contribution is -2.58. The number of hydrogen-bond acceptors (Lipinski definition) is 5. The van der Waals surface area contributed by atoms with Gasteiger partial charge in [-0.25, -0.2) is 0 Å². The van der Waals surface area contributed by atoms with E-state index in [1.165, 1.54) is 32.1 Å². The van der Waals surface area contributed by atoms with E-state index in [4.69, 9.17) is 21.1 Å². The SMILES string of the molecule is OC1C(NCC2CCCCC2)C2COC(O2)C1n1cc(Cl)cn1. The largest absolute Gasteiger partial charge is 0.389 e. The minimum absolute atomic E-state index is 0.0964. The molecule has 3 fully saturated rings. The Morgan fingerprint density at radius 2 is 2.17 bits per heavy atom. The molecule has 2 saturated heterocycles. The maximum absolute atomic E-state index is 10.9. The van der Waals surface area contributed by atoms with Crippen LogP contribution in [0.4, 0.5) is 0 Å². The summed E-state index contributed by atoms with van der Waals surface area (Å²) in [6, 6.07) is -0.506. The Morgan fingerprint density at radius 3 is 2.91 bits per heavy atom. The molecule has 6 nitrogen and oxygen atoms in total. The molecular formula is C16H24ClN3O3. The number of fused-ring (bicyclic) bond motifs is 2. The van der Waals surface area contributed by atoms with Crippen molar-refractivity contribution < 1.29 is 14.6 Å². The van der Waals surface area contributed by atoms with E-state index in [2.05, 4.69) is 10.4 Å². The Labute approximate surface area is 141 Å². The molecule has 0 amide bonds. The Kier molecular flexibility index (Phi) is 4.61. The molecule has 23 heavy (non-hydrogen) atoms. The quantitative estimate of drug-likeness (QED) is 0.873. The molecule has 0 spiro atoms. The van der Waals surface area contributed by atoms with Gasteiger partial charge in [-0.2, -0.15) is 5.10 Å². The molecule has 1 aromatic rings. The number of ether oxygens (including phenoxy) is 2. The lowest BCUT2D eigenvalue weighted by Gasteiger charge is -2.39. The van der Waals surface area contributed by atoms with Gasteiger partial charge in [0.2, 0.25) is 0 Å². The average Bonchev–Trinajstić information content (AvgIpc) is 3.17. The van der Waals surface area contributed by atoms with Gasteiger partial charge < -0.3 is 19.9 Å². The molecule has 7 heteroatoms. The lowest BCUT2D eigenvalue weighted by molar-refractivity contribution is -0.168. The summed E-state index contributed by atoms with van der Waals surface area (Å²) in [4.78, 5) is 0. The smallest absolute Gasteiger partial charge is 0.183 e. The molecule has 5 unspecified atom stereocenters. The highest BCUT2D eigenvalue weighted by Gasteiger charge is 2.51. The predicted octanol–water partition coefficient (Wildman–Crippen LogP) is 1.73. The molecule has 0 aromatic carbocycles. The standard InChI is InChI=1S/C16H24ClN3O3/c17-11-7-19-20(8-11)14-15(21)13(12-9-22-16(14)23-12)18-6-10-4-2-1-3-5-10/h7-8,10,12-16,18,21H,1-6,9H2. The second kappa shape index (κ2) is 6.69. The van der Waals surface area contributed by atoms with Crippen molar-refractivity contribution in [1.29, 1.82) is 0 Å². The van der Waals surface area contributed by atoms with Gasteiger partial charge in [0.25, 0.3) is 0 Å². The molecule has 1 aliphatic carbocycles. The molecular weight excluding hydrogens is 318 g/mol. The Hall–Kier alpha value is -0.660. The fourth-order valence-corrected chi connectivity index (χ4v) is 4.25. The summed E-state index contributed by atoms with van der Waals surface area (Å²) in [7, 11) is 0. The highest BCUT2D eigenvalue weighted by Crippen LogP contribution is 2.36.